The van der Waals surface area contributed by atoms with E-state index in [1.807, 2.05) is 32.0 Å². The zero-order valence-electron chi connectivity index (χ0n) is 9.95. The molecule has 0 radical (unpaired) electrons. The van der Waals surface area contributed by atoms with Crippen LogP contribution in [0.1, 0.15) is 31.9 Å². The molecule has 1 aromatic carbocycles. The highest BCUT2D eigenvalue weighted by molar-refractivity contribution is 5.96. The number of hydrogen-bond acceptors (Lipinski definition) is 2. The maximum Gasteiger partial charge on any atom is 0.216 e. The third-order valence-electron chi connectivity index (χ3n) is 2.17. The van der Waals surface area contributed by atoms with Crippen LogP contribution in [-0.4, -0.2) is 18.5 Å². The average molecular weight is 205 g/mol. The lowest BCUT2D eigenvalue weighted by Gasteiger charge is -2.03. The SMILES string of the molecule is CC.Cc1ccccc1C1=NC(C)CO1. The van der Waals surface area contributed by atoms with E-state index in [0.717, 1.165) is 11.5 Å². The molecule has 0 spiro atoms. The smallest absolute Gasteiger partial charge is 0.216 e. The fraction of sp³-hybridized carbons (Fsp3) is 0.462. The van der Waals surface area contributed by atoms with Gasteiger partial charge in [-0.1, -0.05) is 32.0 Å². The summed E-state index contributed by atoms with van der Waals surface area (Å²) in [5.41, 5.74) is 2.34. The molecule has 1 aromatic rings. The van der Waals surface area contributed by atoms with Crippen molar-refractivity contribution < 1.29 is 4.74 Å². The Balaban J connectivity index is 0.000000531. The Labute approximate surface area is 92.0 Å². The third-order valence-corrected chi connectivity index (χ3v) is 2.17. The van der Waals surface area contributed by atoms with Gasteiger partial charge in [0, 0.05) is 5.56 Å². The monoisotopic (exact) mass is 205 g/mol. The van der Waals surface area contributed by atoms with Gasteiger partial charge < -0.3 is 4.74 Å². The Morgan fingerprint density at radius 1 is 1.27 bits per heavy atom. The molecule has 0 aliphatic carbocycles. The molecule has 0 bridgehead atoms. The number of nitrogens with zero attached hydrogens (tertiary/aromatic N) is 1. The molecule has 2 heteroatoms. The third kappa shape index (κ3) is 2.82. The van der Waals surface area contributed by atoms with Crippen molar-refractivity contribution in [3.63, 3.8) is 0 Å². The van der Waals surface area contributed by atoms with Gasteiger partial charge in [0.2, 0.25) is 5.90 Å². The van der Waals surface area contributed by atoms with Crippen molar-refractivity contribution in [2.75, 3.05) is 6.61 Å². The second kappa shape index (κ2) is 5.54. The molecular weight excluding hydrogens is 186 g/mol. The van der Waals surface area contributed by atoms with Crippen molar-refractivity contribution in [3.05, 3.63) is 35.4 Å². The number of aryl methyl sites for hydroxylation is 1. The molecule has 1 atom stereocenters. The number of benzene rings is 1. The van der Waals surface area contributed by atoms with E-state index in [1.54, 1.807) is 0 Å². The largest absolute Gasteiger partial charge is 0.475 e. The molecule has 15 heavy (non-hydrogen) atoms. The van der Waals surface area contributed by atoms with Crippen molar-refractivity contribution in [1.29, 1.82) is 0 Å². The minimum Gasteiger partial charge on any atom is -0.475 e. The molecule has 82 valence electrons. The number of aliphatic imine (C=N–C) groups is 1. The van der Waals surface area contributed by atoms with E-state index in [2.05, 4.69) is 24.9 Å². The van der Waals surface area contributed by atoms with Crippen molar-refractivity contribution in [2.45, 2.75) is 33.7 Å². The summed E-state index contributed by atoms with van der Waals surface area (Å²) in [5.74, 6) is 0.797. The number of rotatable bonds is 1. The first-order chi connectivity index (χ1) is 7.27. The molecule has 0 N–H and O–H groups in total. The van der Waals surface area contributed by atoms with Gasteiger partial charge in [-0.05, 0) is 25.5 Å². The zero-order chi connectivity index (χ0) is 11.3. The highest BCUT2D eigenvalue weighted by Gasteiger charge is 2.16. The summed E-state index contributed by atoms with van der Waals surface area (Å²) in [5, 5.41) is 0. The Hall–Kier alpha value is -1.31. The molecule has 0 saturated heterocycles. The van der Waals surface area contributed by atoms with E-state index < -0.39 is 0 Å². The zero-order valence-corrected chi connectivity index (χ0v) is 9.95. The summed E-state index contributed by atoms with van der Waals surface area (Å²) in [4.78, 5) is 4.41. The fourth-order valence-corrected chi connectivity index (χ4v) is 1.43. The van der Waals surface area contributed by atoms with Gasteiger partial charge in [0.25, 0.3) is 0 Å². The van der Waals surface area contributed by atoms with E-state index in [-0.39, 0.29) is 0 Å². The summed E-state index contributed by atoms with van der Waals surface area (Å²) in [7, 11) is 0. The highest BCUT2D eigenvalue weighted by Crippen LogP contribution is 2.14. The van der Waals surface area contributed by atoms with Crippen LogP contribution >= 0.6 is 0 Å². The summed E-state index contributed by atoms with van der Waals surface area (Å²) >= 11 is 0. The summed E-state index contributed by atoms with van der Waals surface area (Å²) < 4.78 is 5.48. The van der Waals surface area contributed by atoms with Crippen LogP contribution in [0.5, 0.6) is 0 Å². The van der Waals surface area contributed by atoms with E-state index in [9.17, 15) is 0 Å². The molecule has 1 unspecified atom stereocenters. The van der Waals surface area contributed by atoms with Gasteiger partial charge in [-0.3, -0.25) is 0 Å². The Bertz CT molecular complexity index is 344. The minimum atomic E-state index is 0.301. The Morgan fingerprint density at radius 2 is 1.93 bits per heavy atom. The van der Waals surface area contributed by atoms with Crippen LogP contribution in [0.3, 0.4) is 0 Å². The van der Waals surface area contributed by atoms with Gasteiger partial charge >= 0.3 is 0 Å². The lowest BCUT2D eigenvalue weighted by Crippen LogP contribution is -2.03. The van der Waals surface area contributed by atoms with Crippen LogP contribution in [0.25, 0.3) is 0 Å². The first kappa shape index (κ1) is 11.8. The van der Waals surface area contributed by atoms with E-state index in [1.165, 1.54) is 5.56 Å². The quantitative estimate of drug-likeness (QED) is 0.690. The van der Waals surface area contributed by atoms with Crippen LogP contribution in [0.15, 0.2) is 29.3 Å². The second-order valence-electron chi connectivity index (χ2n) is 3.41. The average Bonchev–Trinajstić information content (AvgIpc) is 2.68. The normalized spacial score (nSPS) is 18.7. The molecule has 0 amide bonds. The van der Waals surface area contributed by atoms with Gasteiger partial charge in [0.1, 0.15) is 6.61 Å². The molecule has 0 fully saturated rings. The van der Waals surface area contributed by atoms with Crippen molar-refractivity contribution in [1.82, 2.24) is 0 Å². The van der Waals surface area contributed by atoms with Gasteiger partial charge in [-0.25, -0.2) is 4.99 Å². The molecule has 0 aromatic heterocycles. The van der Waals surface area contributed by atoms with Gasteiger partial charge in [0.05, 0.1) is 6.04 Å². The maximum atomic E-state index is 5.48. The van der Waals surface area contributed by atoms with E-state index in [4.69, 9.17) is 4.74 Å². The fourth-order valence-electron chi connectivity index (χ4n) is 1.43. The van der Waals surface area contributed by atoms with Crippen molar-refractivity contribution >= 4 is 5.90 Å². The van der Waals surface area contributed by atoms with Gasteiger partial charge in [-0.15, -0.1) is 0 Å². The standard InChI is InChI=1S/C11H13NO.C2H6/c1-8-5-3-4-6-10(8)11-12-9(2)7-13-11;1-2/h3-6,9H,7H2,1-2H3;1-2H3. The molecule has 2 nitrogen and oxygen atoms in total. The molecular formula is C13H19NO. The topological polar surface area (TPSA) is 21.6 Å². The lowest BCUT2D eigenvalue weighted by atomic mass is 10.1. The molecule has 1 heterocycles. The highest BCUT2D eigenvalue weighted by atomic mass is 16.5. The molecule has 1 aliphatic heterocycles. The van der Waals surface area contributed by atoms with E-state index in [0.29, 0.717) is 12.6 Å². The summed E-state index contributed by atoms with van der Waals surface area (Å²) in [6.07, 6.45) is 0. The van der Waals surface area contributed by atoms with Crippen molar-refractivity contribution in [2.24, 2.45) is 4.99 Å². The second-order valence-corrected chi connectivity index (χ2v) is 3.41. The van der Waals surface area contributed by atoms with Crippen LogP contribution < -0.4 is 0 Å². The van der Waals surface area contributed by atoms with Gasteiger partial charge in [-0.2, -0.15) is 0 Å². The minimum absolute atomic E-state index is 0.301. The summed E-state index contributed by atoms with van der Waals surface area (Å²) in [6, 6.07) is 8.46. The molecule has 1 aliphatic rings. The van der Waals surface area contributed by atoms with Crippen LogP contribution in [0, 0.1) is 6.92 Å². The first-order valence-electron chi connectivity index (χ1n) is 5.54. The predicted octanol–water partition coefficient (Wildman–Crippen LogP) is 3.19. The van der Waals surface area contributed by atoms with Crippen molar-refractivity contribution in [3.8, 4) is 0 Å². The molecule has 0 saturated carbocycles. The Morgan fingerprint density at radius 3 is 2.47 bits per heavy atom. The first-order valence-corrected chi connectivity index (χ1v) is 5.54. The predicted molar refractivity (Wildman–Crippen MR) is 64.5 cm³/mol. The van der Waals surface area contributed by atoms with Gasteiger partial charge in [0.15, 0.2) is 0 Å². The number of hydrogen-bond donors (Lipinski definition) is 0. The van der Waals surface area contributed by atoms with Crippen LogP contribution in [0.2, 0.25) is 0 Å². The van der Waals surface area contributed by atoms with E-state index >= 15 is 0 Å². The summed E-state index contributed by atoms with van der Waals surface area (Å²) in [6.45, 7) is 8.85. The number of ether oxygens (including phenoxy) is 1. The van der Waals surface area contributed by atoms with Crippen LogP contribution in [-0.2, 0) is 4.74 Å². The Kier molecular flexibility index (Phi) is 4.35. The lowest BCUT2D eigenvalue weighted by molar-refractivity contribution is 0.324. The van der Waals surface area contributed by atoms with Crippen LogP contribution in [0.4, 0.5) is 0 Å². The molecule has 2 rings (SSSR count). The maximum absolute atomic E-state index is 5.48.